The van der Waals surface area contributed by atoms with Gasteiger partial charge in [-0.25, -0.2) is 4.98 Å². The zero-order valence-corrected chi connectivity index (χ0v) is 20.2. The molecule has 0 spiro atoms. The Morgan fingerprint density at radius 2 is 1.65 bits per heavy atom. The number of carbonyl (C=O) groups excluding carboxylic acids is 1. The van der Waals surface area contributed by atoms with Crippen molar-refractivity contribution in [3.05, 3.63) is 112 Å². The molecule has 2 heterocycles. The second-order valence-electron chi connectivity index (χ2n) is 8.41. The van der Waals surface area contributed by atoms with Crippen molar-refractivity contribution in [3.63, 3.8) is 0 Å². The molecule has 3 aromatic carbocycles. The Balaban J connectivity index is 1.32. The molecule has 1 aromatic heterocycles. The number of hydrogen-bond donors (Lipinski definition) is 1. The zero-order valence-electron chi connectivity index (χ0n) is 18.6. The van der Waals surface area contributed by atoms with Gasteiger partial charge in [-0.3, -0.25) is 4.79 Å². The van der Waals surface area contributed by atoms with Crippen molar-refractivity contribution in [2.75, 3.05) is 11.4 Å². The monoisotopic (exact) mass is 488 g/mol. The smallest absolute Gasteiger partial charge is 0.243 e. The predicted molar refractivity (Wildman–Crippen MR) is 137 cm³/mol. The van der Waals surface area contributed by atoms with Gasteiger partial charge in [0.15, 0.2) is 0 Å². The van der Waals surface area contributed by atoms with Gasteiger partial charge in [0.1, 0.15) is 11.9 Å². The number of aromatic nitrogens is 2. The van der Waals surface area contributed by atoms with Gasteiger partial charge in [0, 0.05) is 29.5 Å². The van der Waals surface area contributed by atoms with Gasteiger partial charge in [0.25, 0.3) is 0 Å². The average Bonchev–Trinajstić information content (AvgIpc) is 3.55. The van der Waals surface area contributed by atoms with E-state index in [1.54, 1.807) is 0 Å². The first kappa shape index (κ1) is 22.6. The summed E-state index contributed by atoms with van der Waals surface area (Å²) in [5, 5.41) is 4.82. The van der Waals surface area contributed by atoms with Crippen molar-refractivity contribution in [1.82, 2.24) is 14.7 Å². The summed E-state index contributed by atoms with van der Waals surface area (Å²) < 4.78 is 4.55. The average molecular weight is 489 g/mol. The molecule has 0 aliphatic carbocycles. The Kier molecular flexibility index (Phi) is 6.88. The Labute approximate surface area is 208 Å². The first-order valence-electron chi connectivity index (χ1n) is 11.4. The second kappa shape index (κ2) is 10.4. The van der Waals surface area contributed by atoms with Crippen molar-refractivity contribution in [2.45, 2.75) is 31.3 Å². The normalized spacial score (nSPS) is 15.6. The minimum absolute atomic E-state index is 0.0182. The van der Waals surface area contributed by atoms with Crippen molar-refractivity contribution >= 4 is 34.2 Å². The molecular formula is C27H25ClN4OS. The van der Waals surface area contributed by atoms with Gasteiger partial charge in [-0.1, -0.05) is 84.4 Å². The van der Waals surface area contributed by atoms with Crippen LogP contribution in [-0.4, -0.2) is 27.9 Å². The molecule has 0 bridgehead atoms. The van der Waals surface area contributed by atoms with Crippen LogP contribution in [0.3, 0.4) is 0 Å². The summed E-state index contributed by atoms with van der Waals surface area (Å²) in [4.78, 5) is 20.4. The van der Waals surface area contributed by atoms with Crippen LogP contribution in [0.2, 0.25) is 5.02 Å². The van der Waals surface area contributed by atoms with Crippen molar-refractivity contribution in [2.24, 2.45) is 0 Å². The van der Waals surface area contributed by atoms with Crippen LogP contribution >= 0.6 is 23.1 Å². The lowest BCUT2D eigenvalue weighted by Crippen LogP contribution is -2.44. The fourth-order valence-corrected chi connectivity index (χ4v) is 5.26. The van der Waals surface area contributed by atoms with E-state index < -0.39 is 0 Å². The lowest BCUT2D eigenvalue weighted by molar-refractivity contribution is -0.122. The number of carbonyl (C=O) groups is 1. The first-order chi connectivity index (χ1) is 16.7. The topological polar surface area (TPSA) is 58.1 Å². The number of rotatable bonds is 7. The molecule has 1 saturated heterocycles. The minimum Gasteiger partial charge on any atom is -0.343 e. The summed E-state index contributed by atoms with van der Waals surface area (Å²) in [6.07, 6.45) is 2.39. The number of amides is 1. The van der Waals surface area contributed by atoms with Gasteiger partial charge in [-0.05, 0) is 41.7 Å². The van der Waals surface area contributed by atoms with Crippen molar-refractivity contribution in [3.8, 4) is 0 Å². The second-order valence-corrected chi connectivity index (χ2v) is 9.58. The van der Waals surface area contributed by atoms with Crippen LogP contribution in [0.25, 0.3) is 0 Å². The third-order valence-corrected chi connectivity index (χ3v) is 7.13. The molecule has 1 atom stereocenters. The van der Waals surface area contributed by atoms with Gasteiger partial charge in [0.05, 0.1) is 6.04 Å². The van der Waals surface area contributed by atoms with Crippen LogP contribution in [0.4, 0.5) is 5.13 Å². The van der Waals surface area contributed by atoms with E-state index in [1.165, 1.54) is 11.5 Å². The highest BCUT2D eigenvalue weighted by molar-refractivity contribution is 7.09. The molecule has 34 heavy (non-hydrogen) atoms. The molecule has 172 valence electrons. The number of halogens is 1. The van der Waals surface area contributed by atoms with Crippen LogP contribution in [0.15, 0.2) is 84.9 Å². The summed E-state index contributed by atoms with van der Waals surface area (Å²) >= 11 is 7.35. The van der Waals surface area contributed by atoms with E-state index in [2.05, 4.69) is 38.9 Å². The van der Waals surface area contributed by atoms with Gasteiger partial charge in [-0.2, -0.15) is 4.37 Å². The molecular weight excluding hydrogens is 464 g/mol. The molecule has 1 fully saturated rings. The first-order valence-corrected chi connectivity index (χ1v) is 12.6. The quantitative estimate of drug-likeness (QED) is 0.365. The molecule has 0 saturated carbocycles. The molecule has 7 heteroatoms. The number of nitrogens with zero attached hydrogens (tertiary/aromatic N) is 3. The summed E-state index contributed by atoms with van der Waals surface area (Å²) in [7, 11) is 0. The van der Waals surface area contributed by atoms with Gasteiger partial charge in [0.2, 0.25) is 11.0 Å². The predicted octanol–water partition coefficient (Wildman–Crippen LogP) is 5.66. The molecule has 5 rings (SSSR count). The number of nitrogens with one attached hydrogen (secondary N) is 1. The van der Waals surface area contributed by atoms with E-state index in [-0.39, 0.29) is 18.0 Å². The van der Waals surface area contributed by atoms with Crippen molar-refractivity contribution < 1.29 is 4.79 Å². The van der Waals surface area contributed by atoms with E-state index in [0.717, 1.165) is 47.0 Å². The Bertz CT molecular complexity index is 1190. The zero-order chi connectivity index (χ0) is 23.3. The van der Waals surface area contributed by atoms with Gasteiger partial charge in [-0.15, -0.1) is 0 Å². The highest BCUT2D eigenvalue weighted by Crippen LogP contribution is 2.29. The summed E-state index contributed by atoms with van der Waals surface area (Å²) in [5.41, 5.74) is 3.23. The van der Waals surface area contributed by atoms with Crippen LogP contribution < -0.4 is 10.2 Å². The summed E-state index contributed by atoms with van der Waals surface area (Å²) in [6.45, 7) is 0.801. The molecule has 5 nitrogen and oxygen atoms in total. The highest BCUT2D eigenvalue weighted by Gasteiger charge is 2.34. The molecule has 4 aromatic rings. The van der Waals surface area contributed by atoms with Crippen LogP contribution in [0.5, 0.6) is 0 Å². The fraction of sp³-hybridized carbons (Fsp3) is 0.222. The number of hydrogen-bond acceptors (Lipinski definition) is 5. The standard InChI is InChI=1S/C27H25ClN4OS/c28-22-15-13-19(14-16-22)18-24-29-27(34-31-24)32-17-7-12-23(32)26(33)30-25(20-8-3-1-4-9-20)21-10-5-2-6-11-21/h1-6,8-11,13-16,23,25H,7,12,17-18H2,(H,30,33). The minimum atomic E-state index is -0.258. The maximum atomic E-state index is 13.5. The maximum Gasteiger partial charge on any atom is 0.243 e. The SMILES string of the molecule is O=C(NC(c1ccccc1)c1ccccc1)C1CCCN1c1nc(Cc2ccc(Cl)cc2)ns1. The van der Waals surface area contributed by atoms with E-state index >= 15 is 0 Å². The molecule has 1 aliphatic heterocycles. The van der Waals surface area contributed by atoms with E-state index in [4.69, 9.17) is 16.6 Å². The molecule has 1 N–H and O–H groups in total. The van der Waals surface area contributed by atoms with E-state index in [1.807, 2.05) is 60.7 Å². The Morgan fingerprint density at radius 3 is 2.29 bits per heavy atom. The largest absolute Gasteiger partial charge is 0.343 e. The third kappa shape index (κ3) is 5.13. The van der Waals surface area contributed by atoms with Crippen LogP contribution in [-0.2, 0) is 11.2 Å². The lowest BCUT2D eigenvalue weighted by Gasteiger charge is -2.26. The molecule has 0 radical (unpaired) electrons. The number of anilines is 1. The van der Waals surface area contributed by atoms with Gasteiger partial charge < -0.3 is 10.2 Å². The molecule has 1 unspecified atom stereocenters. The Hall–Kier alpha value is -3.22. The maximum absolute atomic E-state index is 13.5. The van der Waals surface area contributed by atoms with Gasteiger partial charge >= 0.3 is 0 Å². The highest BCUT2D eigenvalue weighted by atomic mass is 35.5. The van der Waals surface area contributed by atoms with Crippen LogP contribution in [0, 0.1) is 0 Å². The lowest BCUT2D eigenvalue weighted by atomic mass is 9.98. The third-order valence-electron chi connectivity index (χ3n) is 6.09. The molecule has 1 amide bonds. The number of benzene rings is 3. The van der Waals surface area contributed by atoms with E-state index in [0.29, 0.717) is 11.4 Å². The van der Waals surface area contributed by atoms with E-state index in [9.17, 15) is 4.79 Å². The fourth-order valence-electron chi connectivity index (χ4n) is 4.37. The van der Waals surface area contributed by atoms with Crippen LogP contribution in [0.1, 0.15) is 41.4 Å². The summed E-state index contributed by atoms with van der Waals surface area (Å²) in [5.74, 6) is 0.782. The summed E-state index contributed by atoms with van der Waals surface area (Å²) in [6, 6.07) is 27.5. The molecule has 1 aliphatic rings. The Morgan fingerprint density at radius 1 is 1.00 bits per heavy atom. The van der Waals surface area contributed by atoms with Crippen molar-refractivity contribution in [1.29, 1.82) is 0 Å².